The maximum Gasteiger partial charge on any atom is 0.164 e. The lowest BCUT2D eigenvalue weighted by Gasteiger charge is -2.14. The highest BCUT2D eigenvalue weighted by Gasteiger charge is 2.12. The molecule has 0 aliphatic carbocycles. The van der Waals surface area contributed by atoms with Gasteiger partial charge in [-0.05, 0) is 24.6 Å². The molecular formula is C15H16ClNO3. The molecule has 0 aliphatic heterocycles. The quantitative estimate of drug-likeness (QED) is 0.864. The first-order chi connectivity index (χ1) is 9.55. The first-order valence-corrected chi connectivity index (χ1v) is 6.38. The van der Waals surface area contributed by atoms with Gasteiger partial charge in [-0.25, -0.2) is 0 Å². The molecule has 5 heteroatoms. The van der Waals surface area contributed by atoms with Crippen LogP contribution in [0.15, 0.2) is 30.3 Å². The fourth-order valence-corrected chi connectivity index (χ4v) is 1.93. The van der Waals surface area contributed by atoms with Gasteiger partial charge in [0.1, 0.15) is 5.75 Å². The van der Waals surface area contributed by atoms with Crippen molar-refractivity contribution in [1.29, 1.82) is 0 Å². The average molecular weight is 294 g/mol. The number of ether oxygens (including phenoxy) is 3. The lowest BCUT2D eigenvalue weighted by molar-refractivity contribution is 0.352. The van der Waals surface area contributed by atoms with Crippen molar-refractivity contribution in [3.8, 4) is 23.0 Å². The van der Waals surface area contributed by atoms with Crippen LogP contribution in [0.3, 0.4) is 0 Å². The smallest absolute Gasteiger partial charge is 0.164 e. The van der Waals surface area contributed by atoms with Gasteiger partial charge in [0, 0.05) is 17.2 Å². The van der Waals surface area contributed by atoms with Crippen molar-refractivity contribution in [2.75, 3.05) is 20.0 Å². The average Bonchev–Trinajstić information content (AvgIpc) is 2.44. The van der Waals surface area contributed by atoms with Crippen LogP contribution in [0.5, 0.6) is 23.0 Å². The van der Waals surface area contributed by atoms with Gasteiger partial charge in [0.15, 0.2) is 17.2 Å². The van der Waals surface area contributed by atoms with Crippen molar-refractivity contribution in [3.63, 3.8) is 0 Å². The van der Waals surface area contributed by atoms with Gasteiger partial charge in [-0.1, -0.05) is 17.7 Å². The zero-order valence-electron chi connectivity index (χ0n) is 11.6. The number of halogens is 1. The summed E-state index contributed by atoms with van der Waals surface area (Å²) in [4.78, 5) is 0. The summed E-state index contributed by atoms with van der Waals surface area (Å²) in [6, 6.07) is 8.78. The van der Waals surface area contributed by atoms with E-state index in [4.69, 9.17) is 31.5 Å². The molecule has 0 spiro atoms. The predicted molar refractivity (Wildman–Crippen MR) is 80.2 cm³/mol. The van der Waals surface area contributed by atoms with Crippen LogP contribution < -0.4 is 19.9 Å². The van der Waals surface area contributed by atoms with Gasteiger partial charge in [-0.3, -0.25) is 0 Å². The molecule has 106 valence electrons. The van der Waals surface area contributed by atoms with Gasteiger partial charge < -0.3 is 19.9 Å². The number of benzene rings is 2. The molecule has 2 rings (SSSR count). The molecule has 2 N–H and O–H groups in total. The lowest BCUT2D eigenvalue weighted by Crippen LogP contribution is -1.97. The van der Waals surface area contributed by atoms with E-state index < -0.39 is 0 Å². The van der Waals surface area contributed by atoms with Crippen LogP contribution in [-0.2, 0) is 0 Å². The van der Waals surface area contributed by atoms with Crippen molar-refractivity contribution in [3.05, 3.63) is 40.9 Å². The summed E-state index contributed by atoms with van der Waals surface area (Å²) in [6.45, 7) is 1.93. The molecule has 0 atom stereocenters. The minimum atomic E-state index is 0.460. The Labute approximate surface area is 123 Å². The number of methoxy groups -OCH3 is 2. The molecule has 4 nitrogen and oxygen atoms in total. The van der Waals surface area contributed by atoms with Gasteiger partial charge >= 0.3 is 0 Å². The van der Waals surface area contributed by atoms with Gasteiger partial charge in [0.05, 0.1) is 19.9 Å². The highest BCUT2D eigenvalue weighted by Crippen LogP contribution is 2.39. The van der Waals surface area contributed by atoms with E-state index in [9.17, 15) is 0 Å². The molecule has 2 aromatic carbocycles. The minimum Gasteiger partial charge on any atom is -0.493 e. The number of nitrogen functional groups attached to an aromatic ring is 1. The number of aryl methyl sites for hydroxylation is 1. The van der Waals surface area contributed by atoms with Gasteiger partial charge in [0.2, 0.25) is 0 Å². The van der Waals surface area contributed by atoms with Crippen LogP contribution in [0, 0.1) is 6.92 Å². The Morgan fingerprint density at radius 3 is 2.20 bits per heavy atom. The fourth-order valence-electron chi connectivity index (χ4n) is 1.77. The predicted octanol–water partition coefficient (Wildman–Crippen LogP) is 4.04. The second-order valence-electron chi connectivity index (χ2n) is 4.26. The number of nitrogens with two attached hydrogens (primary N) is 1. The molecule has 0 bridgehead atoms. The summed E-state index contributed by atoms with van der Waals surface area (Å²) in [7, 11) is 3.11. The fraction of sp³-hybridized carbons (Fsp3) is 0.200. The van der Waals surface area contributed by atoms with Crippen molar-refractivity contribution in [1.82, 2.24) is 0 Å². The Balaban J connectivity index is 2.40. The zero-order chi connectivity index (χ0) is 14.7. The third-order valence-corrected chi connectivity index (χ3v) is 3.12. The summed E-state index contributed by atoms with van der Waals surface area (Å²) < 4.78 is 16.2. The summed E-state index contributed by atoms with van der Waals surface area (Å²) >= 11 is 5.97. The van der Waals surface area contributed by atoms with Crippen LogP contribution >= 0.6 is 11.6 Å². The van der Waals surface area contributed by atoms with Gasteiger partial charge in [0.25, 0.3) is 0 Å². The summed E-state index contributed by atoms with van der Waals surface area (Å²) in [5.41, 5.74) is 7.38. The molecule has 0 fully saturated rings. The van der Waals surface area contributed by atoms with Gasteiger partial charge in [-0.15, -0.1) is 0 Å². The molecule has 0 unspecified atom stereocenters. The summed E-state index contributed by atoms with van der Waals surface area (Å²) in [5, 5.41) is 0.602. The van der Waals surface area contributed by atoms with Crippen LogP contribution in [-0.4, -0.2) is 14.2 Å². The van der Waals surface area contributed by atoms with Crippen LogP contribution in [0.25, 0.3) is 0 Å². The summed E-state index contributed by atoms with van der Waals surface area (Å²) in [6.07, 6.45) is 0. The Kier molecular flexibility index (Phi) is 4.25. The Morgan fingerprint density at radius 2 is 1.55 bits per heavy atom. The van der Waals surface area contributed by atoms with Crippen molar-refractivity contribution >= 4 is 17.3 Å². The van der Waals surface area contributed by atoms with E-state index in [-0.39, 0.29) is 0 Å². The molecule has 0 aromatic heterocycles. The van der Waals surface area contributed by atoms with Gasteiger partial charge in [-0.2, -0.15) is 0 Å². The highest BCUT2D eigenvalue weighted by atomic mass is 35.5. The van der Waals surface area contributed by atoms with E-state index in [2.05, 4.69) is 0 Å². The molecular weight excluding hydrogens is 278 g/mol. The van der Waals surface area contributed by atoms with E-state index >= 15 is 0 Å². The molecule has 0 saturated carbocycles. The molecule has 0 radical (unpaired) electrons. The van der Waals surface area contributed by atoms with Crippen LogP contribution in [0.1, 0.15) is 5.56 Å². The molecule has 2 aromatic rings. The van der Waals surface area contributed by atoms with E-state index in [1.807, 2.05) is 19.1 Å². The molecule has 0 saturated heterocycles. The Morgan fingerprint density at radius 1 is 0.900 bits per heavy atom. The van der Waals surface area contributed by atoms with Crippen molar-refractivity contribution < 1.29 is 14.2 Å². The summed E-state index contributed by atoms with van der Waals surface area (Å²) in [5.74, 6) is 2.25. The number of anilines is 1. The Bertz CT molecular complexity index is 629. The minimum absolute atomic E-state index is 0.460. The number of hydrogen-bond donors (Lipinski definition) is 1. The second kappa shape index (κ2) is 5.92. The first kappa shape index (κ1) is 14.3. The Hall–Kier alpha value is -2.07. The van der Waals surface area contributed by atoms with Crippen molar-refractivity contribution in [2.45, 2.75) is 6.92 Å². The van der Waals surface area contributed by atoms with E-state index in [0.29, 0.717) is 33.7 Å². The largest absolute Gasteiger partial charge is 0.493 e. The number of rotatable bonds is 4. The highest BCUT2D eigenvalue weighted by molar-refractivity contribution is 6.30. The SMILES string of the molecule is COc1cc(N)c(Oc2cc(Cl)ccc2C)cc1OC. The molecule has 0 amide bonds. The van der Waals surface area contributed by atoms with Crippen LogP contribution in [0.4, 0.5) is 5.69 Å². The normalized spacial score (nSPS) is 10.2. The lowest BCUT2D eigenvalue weighted by atomic mass is 10.2. The van der Waals surface area contributed by atoms with E-state index in [1.54, 1.807) is 32.4 Å². The van der Waals surface area contributed by atoms with Crippen molar-refractivity contribution in [2.24, 2.45) is 0 Å². The standard InChI is InChI=1S/C15H16ClNO3/c1-9-4-5-10(16)6-12(9)20-13-8-15(19-3)14(18-2)7-11(13)17/h4-8H,17H2,1-3H3. The first-order valence-electron chi connectivity index (χ1n) is 6.00. The van der Waals surface area contributed by atoms with E-state index in [0.717, 1.165) is 5.56 Å². The zero-order valence-corrected chi connectivity index (χ0v) is 12.3. The topological polar surface area (TPSA) is 53.7 Å². The molecule has 20 heavy (non-hydrogen) atoms. The maximum atomic E-state index is 5.97. The molecule has 0 heterocycles. The maximum absolute atomic E-state index is 5.97. The molecule has 0 aliphatic rings. The number of hydrogen-bond acceptors (Lipinski definition) is 4. The van der Waals surface area contributed by atoms with E-state index in [1.165, 1.54) is 0 Å². The van der Waals surface area contributed by atoms with Crippen LogP contribution in [0.2, 0.25) is 5.02 Å². The monoisotopic (exact) mass is 293 g/mol. The third kappa shape index (κ3) is 2.91. The third-order valence-electron chi connectivity index (χ3n) is 2.89. The second-order valence-corrected chi connectivity index (χ2v) is 4.69.